The minimum Gasteiger partial charge on any atom is -0.508 e. The molecule has 0 saturated heterocycles. The highest BCUT2D eigenvalue weighted by molar-refractivity contribution is 6.30. The number of aromatic hydroxyl groups is 1. The van der Waals surface area contributed by atoms with E-state index in [0.717, 1.165) is 5.56 Å². The van der Waals surface area contributed by atoms with E-state index in [4.69, 9.17) is 11.6 Å². The molecule has 0 amide bonds. The fraction of sp³-hybridized carbons (Fsp3) is 0.278. The van der Waals surface area contributed by atoms with Gasteiger partial charge in [-0.2, -0.15) is 0 Å². The Morgan fingerprint density at radius 3 is 2.48 bits per heavy atom. The molecule has 0 unspecified atom stereocenters. The zero-order valence-electron chi connectivity index (χ0n) is 13.2. The lowest BCUT2D eigenvalue weighted by molar-refractivity contribution is 0.0896. The fourth-order valence-electron chi connectivity index (χ4n) is 2.52. The first-order chi connectivity index (χ1) is 10.5. The molecule has 0 radical (unpaired) electrons. The average Bonchev–Trinajstić information content (AvgIpc) is 2.45. The number of phenolic OH excluding ortho intramolecular Hbond substituents is 1. The highest BCUT2D eigenvalue weighted by Gasteiger charge is 2.21. The Kier molecular flexibility index (Phi) is 7.56. The molecule has 0 aromatic heterocycles. The number of carbonyl (C=O) groups excluding carboxylic acids is 1. The molecule has 0 aliphatic heterocycles. The largest absolute Gasteiger partial charge is 0.508 e. The molecular formula is C18H21Cl2NO2. The highest BCUT2D eigenvalue weighted by Crippen LogP contribution is 2.20. The van der Waals surface area contributed by atoms with Crippen molar-refractivity contribution in [2.45, 2.75) is 6.42 Å². The smallest absolute Gasteiger partial charge is 0.167 e. The number of carbonyl (C=O) groups is 1. The number of hydrogen-bond acceptors (Lipinski definition) is 3. The second-order valence-corrected chi connectivity index (χ2v) is 6.14. The molecule has 0 aliphatic carbocycles. The van der Waals surface area contributed by atoms with E-state index in [1.807, 2.05) is 43.3 Å². The number of hydrogen-bond donors (Lipinski definition) is 1. The molecule has 0 bridgehead atoms. The predicted octanol–water partition coefficient (Wildman–Crippen LogP) is 4.07. The van der Waals surface area contributed by atoms with E-state index in [1.54, 1.807) is 18.2 Å². The Morgan fingerprint density at radius 1 is 1.17 bits per heavy atom. The van der Waals surface area contributed by atoms with Gasteiger partial charge in [0.15, 0.2) is 5.78 Å². The molecule has 3 nitrogen and oxygen atoms in total. The van der Waals surface area contributed by atoms with E-state index in [1.165, 1.54) is 6.07 Å². The lowest BCUT2D eigenvalue weighted by atomic mass is 9.91. The van der Waals surface area contributed by atoms with Crippen molar-refractivity contribution in [2.24, 2.45) is 5.92 Å². The lowest BCUT2D eigenvalue weighted by Gasteiger charge is -2.20. The van der Waals surface area contributed by atoms with E-state index >= 15 is 0 Å². The van der Waals surface area contributed by atoms with Gasteiger partial charge in [-0.25, -0.2) is 0 Å². The Bertz CT molecular complexity index is 659. The standard InChI is InChI=1S/C18H20ClNO2.ClH/c1-20(2)12-15(9-13-5-3-7-16(19)10-13)18(22)14-6-4-8-17(21)11-14;/h3-8,10-11,15,21H,9,12H2,1-2H3;1H/t15-;/m0./s1. The van der Waals surface area contributed by atoms with Crippen molar-refractivity contribution in [3.05, 3.63) is 64.7 Å². The summed E-state index contributed by atoms with van der Waals surface area (Å²) in [5.41, 5.74) is 1.57. The van der Waals surface area contributed by atoms with Crippen LogP contribution in [0, 0.1) is 5.92 Å². The van der Waals surface area contributed by atoms with Crippen LogP contribution >= 0.6 is 24.0 Å². The zero-order valence-corrected chi connectivity index (χ0v) is 14.8. The Balaban J connectivity index is 0.00000264. The van der Waals surface area contributed by atoms with Gasteiger partial charge in [0.2, 0.25) is 0 Å². The summed E-state index contributed by atoms with van der Waals surface area (Å²) in [5, 5.41) is 10.2. The number of benzene rings is 2. The first-order valence-corrected chi connectivity index (χ1v) is 7.56. The van der Waals surface area contributed by atoms with Gasteiger partial charge < -0.3 is 10.0 Å². The van der Waals surface area contributed by atoms with Gasteiger partial charge in [0.25, 0.3) is 0 Å². The van der Waals surface area contributed by atoms with Crippen molar-refractivity contribution in [3.8, 4) is 5.75 Å². The van der Waals surface area contributed by atoms with Gasteiger partial charge in [0, 0.05) is 23.0 Å². The van der Waals surface area contributed by atoms with Gasteiger partial charge in [-0.1, -0.05) is 35.9 Å². The second kappa shape index (κ2) is 8.92. The molecule has 1 atom stereocenters. The van der Waals surface area contributed by atoms with E-state index in [0.29, 0.717) is 23.6 Å². The summed E-state index contributed by atoms with van der Waals surface area (Å²) in [6.07, 6.45) is 0.618. The third kappa shape index (κ3) is 5.87. The molecule has 0 saturated carbocycles. The monoisotopic (exact) mass is 353 g/mol. The molecule has 0 fully saturated rings. The minimum atomic E-state index is -0.185. The third-order valence-electron chi connectivity index (χ3n) is 3.46. The van der Waals surface area contributed by atoms with Crippen LogP contribution in [0.25, 0.3) is 0 Å². The number of rotatable bonds is 6. The summed E-state index contributed by atoms with van der Waals surface area (Å²) in [6.45, 7) is 0.640. The van der Waals surface area contributed by atoms with Crippen LogP contribution in [0.1, 0.15) is 15.9 Å². The van der Waals surface area contributed by atoms with Crippen molar-refractivity contribution < 1.29 is 9.90 Å². The summed E-state index contributed by atoms with van der Waals surface area (Å²) in [6, 6.07) is 14.1. The van der Waals surface area contributed by atoms with Crippen LogP contribution < -0.4 is 0 Å². The number of nitrogens with zero attached hydrogens (tertiary/aromatic N) is 1. The van der Waals surface area contributed by atoms with Gasteiger partial charge in [-0.05, 0) is 50.3 Å². The van der Waals surface area contributed by atoms with Crippen molar-refractivity contribution in [1.29, 1.82) is 0 Å². The van der Waals surface area contributed by atoms with Crippen LogP contribution in [-0.2, 0) is 6.42 Å². The molecule has 23 heavy (non-hydrogen) atoms. The van der Waals surface area contributed by atoms with E-state index < -0.39 is 0 Å². The van der Waals surface area contributed by atoms with Crippen LogP contribution in [0.4, 0.5) is 0 Å². The minimum absolute atomic E-state index is 0. The first-order valence-electron chi connectivity index (χ1n) is 7.18. The molecule has 2 aromatic rings. The Morgan fingerprint density at radius 2 is 1.87 bits per heavy atom. The summed E-state index contributed by atoms with van der Waals surface area (Å²) in [5.74, 6) is -0.0444. The maximum absolute atomic E-state index is 12.8. The molecule has 0 spiro atoms. The molecule has 124 valence electrons. The molecule has 1 N–H and O–H groups in total. The molecule has 2 aromatic carbocycles. The maximum atomic E-state index is 12.8. The third-order valence-corrected chi connectivity index (χ3v) is 3.69. The van der Waals surface area contributed by atoms with Crippen molar-refractivity contribution in [3.63, 3.8) is 0 Å². The number of halogens is 2. The molecular weight excluding hydrogens is 333 g/mol. The molecule has 0 aliphatic rings. The quantitative estimate of drug-likeness (QED) is 0.795. The zero-order chi connectivity index (χ0) is 16.1. The van der Waals surface area contributed by atoms with E-state index in [-0.39, 0.29) is 29.9 Å². The van der Waals surface area contributed by atoms with Gasteiger partial charge in [-0.15, -0.1) is 12.4 Å². The van der Waals surface area contributed by atoms with Crippen LogP contribution in [0.3, 0.4) is 0 Å². The molecule has 0 heterocycles. The summed E-state index contributed by atoms with van der Waals surface area (Å²) in [4.78, 5) is 14.7. The summed E-state index contributed by atoms with van der Waals surface area (Å²) < 4.78 is 0. The van der Waals surface area contributed by atoms with E-state index in [9.17, 15) is 9.90 Å². The Hall–Kier alpha value is -1.55. The van der Waals surface area contributed by atoms with Crippen molar-refractivity contribution in [1.82, 2.24) is 4.90 Å². The number of ketones is 1. The topological polar surface area (TPSA) is 40.5 Å². The fourth-order valence-corrected chi connectivity index (χ4v) is 2.74. The Labute approximate surface area is 148 Å². The number of Topliss-reactive ketones (excluding diaryl/α,β-unsaturated/α-hetero) is 1. The van der Waals surface area contributed by atoms with Crippen molar-refractivity contribution in [2.75, 3.05) is 20.6 Å². The molecule has 5 heteroatoms. The van der Waals surface area contributed by atoms with Gasteiger partial charge in [-0.3, -0.25) is 4.79 Å². The highest BCUT2D eigenvalue weighted by atomic mass is 35.5. The van der Waals surface area contributed by atoms with Crippen LogP contribution in [-0.4, -0.2) is 36.4 Å². The van der Waals surface area contributed by atoms with Gasteiger partial charge in [0.05, 0.1) is 0 Å². The normalized spacial score (nSPS) is 11.8. The summed E-state index contributed by atoms with van der Waals surface area (Å²) >= 11 is 6.02. The van der Waals surface area contributed by atoms with Crippen LogP contribution in [0.15, 0.2) is 48.5 Å². The lowest BCUT2D eigenvalue weighted by Crippen LogP contribution is -2.29. The summed E-state index contributed by atoms with van der Waals surface area (Å²) in [7, 11) is 3.89. The predicted molar refractivity (Wildman–Crippen MR) is 96.9 cm³/mol. The van der Waals surface area contributed by atoms with Crippen LogP contribution in [0.2, 0.25) is 5.02 Å². The van der Waals surface area contributed by atoms with Gasteiger partial charge >= 0.3 is 0 Å². The van der Waals surface area contributed by atoms with Crippen LogP contribution in [0.5, 0.6) is 5.75 Å². The number of phenols is 1. The SMILES string of the molecule is CN(C)C[C@H](Cc1cccc(Cl)c1)C(=O)c1cccc(O)c1.Cl. The van der Waals surface area contributed by atoms with Crippen molar-refractivity contribution >= 4 is 29.8 Å². The molecule has 2 rings (SSSR count). The van der Waals surface area contributed by atoms with E-state index in [2.05, 4.69) is 0 Å². The average molecular weight is 354 g/mol. The second-order valence-electron chi connectivity index (χ2n) is 5.71. The first kappa shape index (κ1) is 19.5. The maximum Gasteiger partial charge on any atom is 0.167 e. The van der Waals surface area contributed by atoms with Gasteiger partial charge in [0.1, 0.15) is 5.75 Å².